The van der Waals surface area contributed by atoms with E-state index in [1.165, 1.54) is 50.9 Å². The van der Waals surface area contributed by atoms with E-state index in [0.29, 0.717) is 6.04 Å². The Morgan fingerprint density at radius 1 is 1.17 bits per heavy atom. The third kappa shape index (κ3) is 4.08. The van der Waals surface area contributed by atoms with E-state index in [1.807, 2.05) is 0 Å². The van der Waals surface area contributed by atoms with Gasteiger partial charge < -0.3 is 10.2 Å². The molecule has 1 aliphatic heterocycles. The molecule has 2 rings (SSSR count). The highest BCUT2D eigenvalue weighted by Gasteiger charge is 2.14. The topological polar surface area (TPSA) is 15.3 Å². The lowest BCUT2D eigenvalue weighted by Gasteiger charge is -2.28. The van der Waals surface area contributed by atoms with Crippen molar-refractivity contribution < 1.29 is 0 Å². The third-order valence-corrected chi connectivity index (χ3v) is 4.33. The van der Waals surface area contributed by atoms with Gasteiger partial charge in [-0.15, -0.1) is 0 Å². The molecule has 1 aromatic rings. The molecule has 0 saturated carbocycles. The van der Waals surface area contributed by atoms with Crippen LogP contribution in [0.25, 0.3) is 0 Å². The van der Waals surface area contributed by atoms with Crippen molar-refractivity contribution >= 4 is 15.9 Å². The van der Waals surface area contributed by atoms with Gasteiger partial charge in [0.25, 0.3) is 0 Å². The molecule has 0 aliphatic carbocycles. The van der Waals surface area contributed by atoms with Crippen molar-refractivity contribution in [3.63, 3.8) is 0 Å². The molecule has 3 heteroatoms. The first kappa shape index (κ1) is 14.0. The highest BCUT2D eigenvalue weighted by molar-refractivity contribution is 9.10. The summed E-state index contributed by atoms with van der Waals surface area (Å²) in [6.45, 7) is 3.79. The van der Waals surface area contributed by atoms with Crippen molar-refractivity contribution in [3.8, 4) is 0 Å². The average Bonchev–Trinajstić information content (AvgIpc) is 2.42. The Labute approximate surface area is 119 Å². The van der Waals surface area contributed by atoms with Gasteiger partial charge in [0.05, 0.1) is 0 Å². The van der Waals surface area contributed by atoms with E-state index in [0.717, 1.165) is 4.47 Å². The van der Waals surface area contributed by atoms with Crippen LogP contribution in [0.2, 0.25) is 0 Å². The van der Waals surface area contributed by atoms with E-state index in [9.17, 15) is 0 Å². The largest absolute Gasteiger partial charge is 0.313 e. The monoisotopic (exact) mass is 310 g/mol. The van der Waals surface area contributed by atoms with Crippen LogP contribution in [0.3, 0.4) is 0 Å². The fourth-order valence-corrected chi connectivity index (χ4v) is 2.93. The summed E-state index contributed by atoms with van der Waals surface area (Å²) >= 11 is 3.49. The molecule has 1 saturated heterocycles. The highest BCUT2D eigenvalue weighted by atomic mass is 79.9. The predicted molar refractivity (Wildman–Crippen MR) is 80.9 cm³/mol. The zero-order valence-corrected chi connectivity index (χ0v) is 12.7. The maximum atomic E-state index is 3.49. The highest BCUT2D eigenvalue weighted by Crippen LogP contribution is 2.20. The molecule has 0 aromatic heterocycles. The number of hydrogen-bond acceptors (Lipinski definition) is 2. The van der Waals surface area contributed by atoms with Crippen molar-refractivity contribution in [1.29, 1.82) is 0 Å². The Bertz CT molecular complexity index is 344. The summed E-state index contributed by atoms with van der Waals surface area (Å²) in [5.74, 6) is 0. The number of nitrogens with zero attached hydrogens (tertiary/aromatic N) is 1. The Hall–Kier alpha value is -0.380. The lowest BCUT2D eigenvalue weighted by Crippen LogP contribution is -2.32. The van der Waals surface area contributed by atoms with Crippen LogP contribution in [-0.4, -0.2) is 31.6 Å². The molecule has 2 nitrogen and oxygen atoms in total. The minimum absolute atomic E-state index is 0.472. The van der Waals surface area contributed by atoms with E-state index >= 15 is 0 Å². The molecule has 1 heterocycles. The summed E-state index contributed by atoms with van der Waals surface area (Å²) in [4.78, 5) is 2.60. The van der Waals surface area contributed by atoms with Gasteiger partial charge in [-0.3, -0.25) is 0 Å². The minimum Gasteiger partial charge on any atom is -0.313 e. The van der Waals surface area contributed by atoms with Crippen molar-refractivity contribution in [3.05, 3.63) is 34.3 Å². The zero-order chi connectivity index (χ0) is 12.8. The van der Waals surface area contributed by atoms with Crippen LogP contribution in [0, 0.1) is 0 Å². The first-order valence-corrected chi connectivity index (χ1v) is 7.74. The number of hydrogen-bond donors (Lipinski definition) is 1. The van der Waals surface area contributed by atoms with E-state index in [-0.39, 0.29) is 0 Å². The van der Waals surface area contributed by atoms with Crippen LogP contribution in [0.4, 0.5) is 0 Å². The molecule has 1 atom stereocenters. The van der Waals surface area contributed by atoms with Crippen molar-refractivity contribution in [1.82, 2.24) is 10.2 Å². The Morgan fingerprint density at radius 2 is 1.83 bits per heavy atom. The molecule has 1 aliphatic rings. The number of rotatable bonds is 5. The Morgan fingerprint density at radius 3 is 2.44 bits per heavy atom. The lowest BCUT2D eigenvalue weighted by atomic mass is 10.0. The summed E-state index contributed by atoms with van der Waals surface area (Å²) in [6, 6.07) is 9.14. The fraction of sp³-hybridized carbons (Fsp3) is 0.600. The number of piperidine rings is 1. The zero-order valence-electron chi connectivity index (χ0n) is 11.2. The molecule has 0 amide bonds. The van der Waals surface area contributed by atoms with Gasteiger partial charge in [-0.05, 0) is 63.6 Å². The quantitative estimate of drug-likeness (QED) is 0.894. The van der Waals surface area contributed by atoms with Crippen LogP contribution in [0.15, 0.2) is 28.7 Å². The SMILES string of the molecule is CNC(CCN1CCCCC1)c1ccc(Br)cc1. The molecular weight excluding hydrogens is 288 g/mol. The fourth-order valence-electron chi connectivity index (χ4n) is 2.67. The molecule has 1 fully saturated rings. The molecular formula is C15H23BrN2. The smallest absolute Gasteiger partial charge is 0.0329 e. The number of likely N-dealkylation sites (tertiary alicyclic amines) is 1. The van der Waals surface area contributed by atoms with E-state index in [4.69, 9.17) is 0 Å². The van der Waals surface area contributed by atoms with Crippen LogP contribution in [0.5, 0.6) is 0 Å². The normalized spacial score (nSPS) is 18.8. The third-order valence-electron chi connectivity index (χ3n) is 3.80. The number of nitrogens with one attached hydrogen (secondary N) is 1. The van der Waals surface area contributed by atoms with Crippen LogP contribution >= 0.6 is 15.9 Å². The molecule has 0 spiro atoms. The second kappa shape index (κ2) is 7.27. The first-order valence-electron chi connectivity index (χ1n) is 6.94. The van der Waals surface area contributed by atoms with Gasteiger partial charge in [0.1, 0.15) is 0 Å². The second-order valence-electron chi connectivity index (χ2n) is 5.08. The standard InChI is InChI=1S/C15H23BrN2/c1-17-15(13-5-7-14(16)8-6-13)9-12-18-10-3-2-4-11-18/h5-8,15,17H,2-4,9-12H2,1H3. The van der Waals surface area contributed by atoms with Gasteiger partial charge in [-0.25, -0.2) is 0 Å². The molecule has 1 N–H and O–H groups in total. The van der Waals surface area contributed by atoms with Crippen LogP contribution in [0.1, 0.15) is 37.3 Å². The maximum absolute atomic E-state index is 3.49. The van der Waals surface area contributed by atoms with Gasteiger partial charge in [-0.1, -0.05) is 34.5 Å². The summed E-state index contributed by atoms with van der Waals surface area (Å²) in [6.07, 6.45) is 5.36. The van der Waals surface area contributed by atoms with Crippen LogP contribution in [-0.2, 0) is 0 Å². The van der Waals surface area contributed by atoms with Crippen LogP contribution < -0.4 is 5.32 Å². The van der Waals surface area contributed by atoms with Crippen molar-refractivity contribution in [2.45, 2.75) is 31.7 Å². The molecule has 1 unspecified atom stereocenters. The summed E-state index contributed by atoms with van der Waals surface area (Å²) in [7, 11) is 2.06. The summed E-state index contributed by atoms with van der Waals surface area (Å²) < 4.78 is 1.15. The van der Waals surface area contributed by atoms with E-state index in [2.05, 4.69) is 57.5 Å². The second-order valence-corrected chi connectivity index (χ2v) is 6.00. The molecule has 1 aromatic carbocycles. The number of benzene rings is 1. The number of halogens is 1. The van der Waals surface area contributed by atoms with Gasteiger partial charge in [0.15, 0.2) is 0 Å². The van der Waals surface area contributed by atoms with Gasteiger partial charge in [0, 0.05) is 10.5 Å². The average molecular weight is 311 g/mol. The molecule has 0 radical (unpaired) electrons. The van der Waals surface area contributed by atoms with Gasteiger partial charge in [0.2, 0.25) is 0 Å². The first-order chi connectivity index (χ1) is 8.79. The van der Waals surface area contributed by atoms with E-state index < -0.39 is 0 Å². The predicted octanol–water partition coefficient (Wildman–Crippen LogP) is 3.59. The van der Waals surface area contributed by atoms with Gasteiger partial charge >= 0.3 is 0 Å². The molecule has 18 heavy (non-hydrogen) atoms. The minimum atomic E-state index is 0.472. The van der Waals surface area contributed by atoms with Crippen molar-refractivity contribution in [2.24, 2.45) is 0 Å². The summed E-state index contributed by atoms with van der Waals surface area (Å²) in [5.41, 5.74) is 1.39. The van der Waals surface area contributed by atoms with Gasteiger partial charge in [-0.2, -0.15) is 0 Å². The van der Waals surface area contributed by atoms with E-state index in [1.54, 1.807) is 0 Å². The van der Waals surface area contributed by atoms with Crippen molar-refractivity contribution in [2.75, 3.05) is 26.7 Å². The summed E-state index contributed by atoms with van der Waals surface area (Å²) in [5, 5.41) is 3.44. The Kier molecular flexibility index (Phi) is 5.67. The lowest BCUT2D eigenvalue weighted by molar-refractivity contribution is 0.218. The Balaban J connectivity index is 1.86. The molecule has 0 bridgehead atoms. The molecule has 100 valence electrons. The maximum Gasteiger partial charge on any atom is 0.0329 e.